The minimum atomic E-state index is -0.553. The van der Waals surface area contributed by atoms with E-state index in [4.69, 9.17) is 25.5 Å². The molecule has 1 aliphatic rings. The number of nitrogens with one attached hydrogen (secondary N) is 3. The number of ether oxygens (including phenoxy) is 2. The largest absolute Gasteiger partial charge is 0.493 e. The van der Waals surface area contributed by atoms with Crippen molar-refractivity contribution in [3.8, 4) is 22.8 Å². The molecule has 0 spiro atoms. The van der Waals surface area contributed by atoms with E-state index >= 15 is 0 Å². The highest BCUT2D eigenvalue weighted by Gasteiger charge is 2.23. The van der Waals surface area contributed by atoms with Crippen LogP contribution in [-0.2, 0) is 24.3 Å². The summed E-state index contributed by atoms with van der Waals surface area (Å²) in [5.41, 5.74) is 10.7. The molecular formula is C29H37N7O5. The number of carbonyl (C=O) groups is 1. The second-order valence-electron chi connectivity index (χ2n) is 9.76. The van der Waals surface area contributed by atoms with Gasteiger partial charge in [-0.05, 0) is 62.9 Å². The third-order valence-corrected chi connectivity index (χ3v) is 6.96. The fourth-order valence-corrected chi connectivity index (χ4v) is 5.15. The predicted octanol–water partition coefficient (Wildman–Crippen LogP) is 1.84. The van der Waals surface area contributed by atoms with Gasteiger partial charge in [-0.25, -0.2) is 9.79 Å². The zero-order valence-electron chi connectivity index (χ0n) is 24.0. The molecular weight excluding hydrogens is 526 g/mol. The van der Waals surface area contributed by atoms with Crippen molar-refractivity contribution < 1.29 is 19.5 Å². The van der Waals surface area contributed by atoms with Crippen molar-refractivity contribution in [2.24, 2.45) is 10.8 Å². The number of hydrogen-bond donors (Lipinski definition) is 5. The number of hydrogen-bond acceptors (Lipinski definition) is 9. The lowest BCUT2D eigenvalue weighted by Gasteiger charge is -2.25. The first-order chi connectivity index (χ1) is 19.7. The van der Waals surface area contributed by atoms with Gasteiger partial charge in [0.25, 0.3) is 5.91 Å². The number of nitrogens with two attached hydrogens (primary N) is 1. The third kappa shape index (κ3) is 6.13. The number of hydroxylamine groups is 1. The molecule has 0 saturated heterocycles. The summed E-state index contributed by atoms with van der Waals surface area (Å²) in [6, 6.07) is 9.90. The van der Waals surface area contributed by atoms with Gasteiger partial charge in [-0.1, -0.05) is 17.7 Å². The van der Waals surface area contributed by atoms with Crippen LogP contribution < -0.4 is 42.7 Å². The van der Waals surface area contributed by atoms with E-state index in [-0.39, 0.29) is 24.5 Å². The van der Waals surface area contributed by atoms with Crippen LogP contribution in [0.4, 0.5) is 5.69 Å². The van der Waals surface area contributed by atoms with E-state index in [0.29, 0.717) is 36.6 Å². The Morgan fingerprint density at radius 2 is 1.88 bits per heavy atom. The highest BCUT2D eigenvalue weighted by molar-refractivity contribution is 5.92. The van der Waals surface area contributed by atoms with Gasteiger partial charge in [-0.3, -0.25) is 30.5 Å². The predicted molar refractivity (Wildman–Crippen MR) is 155 cm³/mol. The summed E-state index contributed by atoms with van der Waals surface area (Å²) in [6.07, 6.45) is 1.66. The number of hydrazine groups is 1. The van der Waals surface area contributed by atoms with Crippen molar-refractivity contribution in [2.45, 2.75) is 47.2 Å². The molecule has 218 valence electrons. The van der Waals surface area contributed by atoms with E-state index in [1.165, 1.54) is 0 Å². The van der Waals surface area contributed by atoms with Crippen molar-refractivity contribution in [3.63, 3.8) is 0 Å². The summed E-state index contributed by atoms with van der Waals surface area (Å²) in [6.45, 7) is 9.18. The number of methoxy groups -OCH3 is 1. The van der Waals surface area contributed by atoms with Crippen LogP contribution in [0.15, 0.2) is 52.0 Å². The molecule has 3 aromatic rings. The molecule has 2 aromatic carbocycles. The van der Waals surface area contributed by atoms with E-state index in [1.807, 2.05) is 45.9 Å². The second-order valence-corrected chi connectivity index (χ2v) is 9.76. The zero-order valence-corrected chi connectivity index (χ0v) is 24.0. The number of benzene rings is 2. The SMILES string of the molecule is CCOc1cc2c(cc1OC)-c1c/c(=N\c3c(C)cc(C)cc3C)n(CCNC(=O)/C(=C/NO)NN)c(=O)n1CC2. The molecule has 0 unspecified atom stereocenters. The van der Waals surface area contributed by atoms with Gasteiger partial charge in [0.2, 0.25) is 0 Å². The molecule has 1 aromatic heterocycles. The van der Waals surface area contributed by atoms with Crippen LogP contribution in [0.25, 0.3) is 11.3 Å². The van der Waals surface area contributed by atoms with E-state index in [9.17, 15) is 9.59 Å². The Morgan fingerprint density at radius 3 is 2.51 bits per heavy atom. The first kappa shape index (κ1) is 29.4. The van der Waals surface area contributed by atoms with Crippen LogP contribution in [0, 0.1) is 20.8 Å². The van der Waals surface area contributed by atoms with Gasteiger partial charge in [0.1, 0.15) is 11.2 Å². The molecule has 0 atom stereocenters. The summed E-state index contributed by atoms with van der Waals surface area (Å²) in [7, 11) is 1.59. The fourth-order valence-electron chi connectivity index (χ4n) is 5.15. The van der Waals surface area contributed by atoms with Crippen molar-refractivity contribution in [1.82, 2.24) is 25.4 Å². The molecule has 0 bridgehead atoms. The zero-order chi connectivity index (χ0) is 29.7. The van der Waals surface area contributed by atoms with Gasteiger partial charge >= 0.3 is 5.69 Å². The number of fused-ring (bicyclic) bond motifs is 3. The standard InChI is InChI=1S/C29H37N7O5/c1-6-41-25-13-20-7-9-35-23(21(20)14-24(25)40-5)15-26(33-27-18(3)11-17(2)12-19(27)4)36(29(35)38)10-8-31-28(37)22(34-30)16-32-39/h11-16,32,34,39H,6-10,30H2,1-5H3,(H,31,37)/b22-16-,33-26+. The molecule has 1 aliphatic heterocycles. The van der Waals surface area contributed by atoms with Crippen molar-refractivity contribution in [2.75, 3.05) is 20.3 Å². The number of amides is 1. The summed E-state index contributed by atoms with van der Waals surface area (Å²) in [5, 5.41) is 11.6. The van der Waals surface area contributed by atoms with E-state index in [2.05, 4.69) is 22.9 Å². The molecule has 12 nitrogen and oxygen atoms in total. The van der Waals surface area contributed by atoms with Crippen LogP contribution in [0.2, 0.25) is 0 Å². The molecule has 41 heavy (non-hydrogen) atoms. The Hall–Kier alpha value is -4.55. The maximum atomic E-state index is 14.0. The topological polar surface area (TPSA) is 157 Å². The van der Waals surface area contributed by atoms with Crippen molar-refractivity contribution in [1.29, 1.82) is 0 Å². The van der Waals surface area contributed by atoms with Crippen molar-refractivity contribution in [3.05, 3.63) is 80.5 Å². The summed E-state index contributed by atoms with van der Waals surface area (Å²) in [5.74, 6) is 6.06. The Kier molecular flexibility index (Phi) is 9.15. The second kappa shape index (κ2) is 12.7. The van der Waals surface area contributed by atoms with Gasteiger partial charge in [-0.15, -0.1) is 0 Å². The lowest BCUT2D eigenvalue weighted by Crippen LogP contribution is -2.45. The summed E-state index contributed by atoms with van der Waals surface area (Å²) >= 11 is 0. The normalized spacial score (nSPS) is 12.9. The molecule has 2 heterocycles. The van der Waals surface area contributed by atoms with Gasteiger partial charge < -0.3 is 20.2 Å². The Morgan fingerprint density at radius 1 is 1.15 bits per heavy atom. The van der Waals surface area contributed by atoms with Crippen LogP contribution in [0.1, 0.15) is 29.2 Å². The monoisotopic (exact) mass is 563 g/mol. The minimum Gasteiger partial charge on any atom is -0.493 e. The van der Waals surface area contributed by atoms with E-state index < -0.39 is 5.91 Å². The molecule has 6 N–H and O–H groups in total. The third-order valence-electron chi connectivity index (χ3n) is 6.96. The lowest BCUT2D eigenvalue weighted by molar-refractivity contribution is -0.118. The quantitative estimate of drug-likeness (QED) is 0.142. The van der Waals surface area contributed by atoms with Crippen LogP contribution in [0.3, 0.4) is 0 Å². The molecule has 0 saturated carbocycles. The molecule has 12 heteroatoms. The average molecular weight is 564 g/mol. The molecule has 0 fully saturated rings. The number of rotatable bonds is 10. The number of aryl methyl sites for hydroxylation is 4. The Bertz CT molecular complexity index is 1600. The summed E-state index contributed by atoms with van der Waals surface area (Å²) in [4.78, 5) is 31.4. The molecule has 0 aliphatic carbocycles. The molecule has 0 radical (unpaired) electrons. The van der Waals surface area contributed by atoms with Crippen LogP contribution in [-0.4, -0.2) is 40.5 Å². The molecule has 4 rings (SSSR count). The Balaban J connectivity index is 1.87. The maximum Gasteiger partial charge on any atom is 0.330 e. The number of carbonyl (C=O) groups excluding carboxylic acids is 1. The number of nitrogens with zero attached hydrogens (tertiary/aromatic N) is 3. The highest BCUT2D eigenvalue weighted by atomic mass is 16.5. The van der Waals surface area contributed by atoms with E-state index in [0.717, 1.165) is 45.4 Å². The first-order valence-electron chi connectivity index (χ1n) is 13.4. The lowest BCUT2D eigenvalue weighted by atomic mass is 9.97. The van der Waals surface area contributed by atoms with Gasteiger partial charge in [0.15, 0.2) is 11.5 Å². The Labute approximate surface area is 238 Å². The molecule has 1 amide bonds. The van der Waals surface area contributed by atoms with Gasteiger partial charge in [0, 0.05) is 31.3 Å². The maximum absolute atomic E-state index is 14.0. The first-order valence-corrected chi connectivity index (χ1v) is 13.4. The van der Waals surface area contributed by atoms with Gasteiger partial charge in [0.05, 0.1) is 31.3 Å². The van der Waals surface area contributed by atoms with E-state index in [1.54, 1.807) is 21.7 Å². The highest BCUT2D eigenvalue weighted by Crippen LogP contribution is 2.37. The van der Waals surface area contributed by atoms with Crippen molar-refractivity contribution >= 4 is 11.6 Å². The van der Waals surface area contributed by atoms with Gasteiger partial charge in [-0.2, -0.15) is 0 Å². The summed E-state index contributed by atoms with van der Waals surface area (Å²) < 4.78 is 14.7. The number of aromatic nitrogens is 2. The average Bonchev–Trinajstić information content (AvgIpc) is 2.94. The fraction of sp³-hybridized carbons (Fsp3) is 0.345. The van der Waals surface area contributed by atoms with Crippen LogP contribution in [0.5, 0.6) is 11.5 Å². The minimum absolute atomic E-state index is 0.0764. The van der Waals surface area contributed by atoms with Crippen LogP contribution >= 0.6 is 0 Å². The smallest absolute Gasteiger partial charge is 0.330 e.